The monoisotopic (exact) mass is 444 g/mol. The van der Waals surface area contributed by atoms with Crippen molar-refractivity contribution < 1.29 is 19.1 Å². The van der Waals surface area contributed by atoms with Gasteiger partial charge in [0.2, 0.25) is 17.7 Å². The Bertz CT molecular complexity index is 750. The average Bonchev–Trinajstić information content (AvgIpc) is 2.83. The Hall–Kier alpha value is -2.61. The summed E-state index contributed by atoms with van der Waals surface area (Å²) in [5.41, 5.74) is 0. The van der Waals surface area contributed by atoms with E-state index in [4.69, 9.17) is 4.74 Å². The quantitative estimate of drug-likeness (QED) is 0.622. The maximum atomic E-state index is 13.1. The van der Waals surface area contributed by atoms with E-state index in [0.29, 0.717) is 65.4 Å². The van der Waals surface area contributed by atoms with E-state index in [-0.39, 0.29) is 23.6 Å². The number of para-hydroxylation sites is 1. The van der Waals surface area contributed by atoms with Crippen molar-refractivity contribution in [3.05, 3.63) is 30.3 Å². The first-order valence-electron chi connectivity index (χ1n) is 11.8. The highest BCUT2D eigenvalue weighted by Crippen LogP contribution is 2.20. The molecule has 1 aromatic carbocycles. The lowest BCUT2D eigenvalue weighted by atomic mass is 9.96. The van der Waals surface area contributed by atoms with Crippen LogP contribution in [0, 0.1) is 5.92 Å². The lowest BCUT2D eigenvalue weighted by molar-refractivity contribution is -0.142. The van der Waals surface area contributed by atoms with E-state index in [1.807, 2.05) is 47.1 Å². The predicted octanol–water partition coefficient (Wildman–Crippen LogP) is 1.36. The molecular weight excluding hydrogens is 408 g/mol. The number of amides is 3. The zero-order chi connectivity index (χ0) is 22.8. The minimum Gasteiger partial charge on any atom is -0.493 e. The molecule has 1 atom stereocenters. The molecule has 2 fully saturated rings. The van der Waals surface area contributed by atoms with Gasteiger partial charge in [0.05, 0.1) is 25.5 Å². The molecule has 32 heavy (non-hydrogen) atoms. The van der Waals surface area contributed by atoms with Crippen LogP contribution >= 0.6 is 0 Å². The second kappa shape index (κ2) is 12.4. The summed E-state index contributed by atoms with van der Waals surface area (Å²) in [5, 5.41) is 2.90. The molecule has 2 saturated heterocycles. The normalized spacial score (nSPS) is 19.5. The van der Waals surface area contributed by atoms with Crippen LogP contribution in [-0.2, 0) is 14.4 Å². The number of hydrogen-bond donors (Lipinski definition) is 1. The lowest BCUT2D eigenvalue weighted by Crippen LogP contribution is -2.54. The van der Waals surface area contributed by atoms with Gasteiger partial charge in [-0.1, -0.05) is 25.1 Å². The number of piperazine rings is 1. The molecule has 2 aliphatic heterocycles. The summed E-state index contributed by atoms with van der Waals surface area (Å²) in [6.07, 6.45) is 2.91. The average molecular weight is 445 g/mol. The second-order valence-corrected chi connectivity index (χ2v) is 8.54. The number of benzene rings is 1. The van der Waals surface area contributed by atoms with Gasteiger partial charge in [-0.3, -0.25) is 19.3 Å². The zero-order valence-electron chi connectivity index (χ0n) is 19.1. The standard InChI is InChI=1S/C24H36N4O4/c1-2-11-25-22(29)19-26-13-15-27(16-14-26)24(31)20-7-6-12-28(18-20)23(30)10-17-32-21-8-4-3-5-9-21/h3-5,8-9,20H,2,6-7,10-19H2,1H3,(H,25,29). The number of piperidine rings is 1. The topological polar surface area (TPSA) is 82.2 Å². The lowest BCUT2D eigenvalue weighted by Gasteiger charge is -2.38. The molecular formula is C24H36N4O4. The first kappa shape index (κ1) is 24.0. The molecule has 0 radical (unpaired) electrons. The van der Waals surface area contributed by atoms with Crippen molar-refractivity contribution in [1.29, 1.82) is 0 Å². The van der Waals surface area contributed by atoms with Crippen molar-refractivity contribution in [3.63, 3.8) is 0 Å². The highest BCUT2D eigenvalue weighted by atomic mass is 16.5. The van der Waals surface area contributed by atoms with E-state index in [1.165, 1.54) is 0 Å². The van der Waals surface area contributed by atoms with Crippen molar-refractivity contribution in [1.82, 2.24) is 20.0 Å². The number of ether oxygens (including phenoxy) is 1. The number of nitrogens with one attached hydrogen (secondary N) is 1. The van der Waals surface area contributed by atoms with Gasteiger partial charge in [0, 0.05) is 45.8 Å². The molecule has 0 spiro atoms. The van der Waals surface area contributed by atoms with Crippen molar-refractivity contribution in [2.24, 2.45) is 5.92 Å². The zero-order valence-corrected chi connectivity index (χ0v) is 19.1. The maximum absolute atomic E-state index is 13.1. The van der Waals surface area contributed by atoms with Crippen LogP contribution in [0.4, 0.5) is 0 Å². The van der Waals surface area contributed by atoms with E-state index in [1.54, 1.807) is 0 Å². The van der Waals surface area contributed by atoms with Crippen LogP contribution in [0.15, 0.2) is 30.3 Å². The molecule has 0 bridgehead atoms. The molecule has 1 unspecified atom stereocenters. The number of likely N-dealkylation sites (tertiary alicyclic amines) is 1. The van der Waals surface area contributed by atoms with Gasteiger partial charge in [0.25, 0.3) is 0 Å². The number of hydrogen-bond acceptors (Lipinski definition) is 5. The molecule has 2 aliphatic rings. The molecule has 8 heteroatoms. The maximum Gasteiger partial charge on any atom is 0.234 e. The third kappa shape index (κ3) is 7.22. The van der Waals surface area contributed by atoms with Gasteiger partial charge in [-0.15, -0.1) is 0 Å². The molecule has 0 saturated carbocycles. The van der Waals surface area contributed by atoms with Gasteiger partial charge in [0.15, 0.2) is 0 Å². The molecule has 1 aromatic rings. The predicted molar refractivity (Wildman–Crippen MR) is 122 cm³/mol. The Labute approximate surface area is 190 Å². The summed E-state index contributed by atoms with van der Waals surface area (Å²) >= 11 is 0. The molecule has 0 aromatic heterocycles. The van der Waals surface area contributed by atoms with Crippen LogP contribution in [0.5, 0.6) is 5.75 Å². The van der Waals surface area contributed by atoms with Crippen molar-refractivity contribution >= 4 is 17.7 Å². The summed E-state index contributed by atoms with van der Waals surface area (Å²) in [7, 11) is 0. The summed E-state index contributed by atoms with van der Waals surface area (Å²) in [5.74, 6) is 0.847. The van der Waals surface area contributed by atoms with Gasteiger partial charge in [0.1, 0.15) is 5.75 Å². The Morgan fingerprint density at radius 3 is 2.50 bits per heavy atom. The van der Waals surface area contributed by atoms with Gasteiger partial charge in [-0.2, -0.15) is 0 Å². The summed E-state index contributed by atoms with van der Waals surface area (Å²) in [4.78, 5) is 43.4. The van der Waals surface area contributed by atoms with Gasteiger partial charge in [-0.25, -0.2) is 0 Å². The van der Waals surface area contributed by atoms with Crippen LogP contribution in [0.25, 0.3) is 0 Å². The second-order valence-electron chi connectivity index (χ2n) is 8.54. The SMILES string of the molecule is CCCNC(=O)CN1CCN(C(=O)C2CCCN(C(=O)CCOc3ccccc3)C2)CC1. The highest BCUT2D eigenvalue weighted by Gasteiger charge is 2.32. The summed E-state index contributed by atoms with van der Waals surface area (Å²) in [6, 6.07) is 9.47. The highest BCUT2D eigenvalue weighted by molar-refractivity contribution is 5.82. The fraction of sp³-hybridized carbons (Fsp3) is 0.625. The molecule has 8 nitrogen and oxygen atoms in total. The largest absolute Gasteiger partial charge is 0.493 e. The summed E-state index contributed by atoms with van der Waals surface area (Å²) in [6.45, 7) is 7.33. The number of carbonyl (C=O) groups excluding carboxylic acids is 3. The molecule has 0 aliphatic carbocycles. The van der Waals surface area contributed by atoms with Crippen LogP contribution in [0.1, 0.15) is 32.6 Å². The molecule has 3 amide bonds. The minimum absolute atomic E-state index is 0.0429. The number of rotatable bonds is 9. The molecule has 176 valence electrons. The Balaban J connectivity index is 1.39. The van der Waals surface area contributed by atoms with Crippen molar-refractivity contribution in [2.45, 2.75) is 32.6 Å². The number of nitrogens with zero attached hydrogens (tertiary/aromatic N) is 3. The van der Waals surface area contributed by atoms with Gasteiger partial charge in [-0.05, 0) is 31.4 Å². The molecule has 1 N–H and O–H groups in total. The van der Waals surface area contributed by atoms with Gasteiger partial charge < -0.3 is 19.9 Å². The van der Waals surface area contributed by atoms with Crippen LogP contribution < -0.4 is 10.1 Å². The Morgan fingerprint density at radius 1 is 1.03 bits per heavy atom. The number of carbonyl (C=O) groups is 3. The first-order chi connectivity index (χ1) is 15.6. The van der Waals surface area contributed by atoms with E-state index in [0.717, 1.165) is 25.0 Å². The fourth-order valence-electron chi connectivity index (χ4n) is 4.24. The van der Waals surface area contributed by atoms with E-state index >= 15 is 0 Å². The minimum atomic E-state index is -0.137. The smallest absolute Gasteiger partial charge is 0.234 e. The molecule has 3 rings (SSSR count). The summed E-state index contributed by atoms with van der Waals surface area (Å²) < 4.78 is 5.64. The Morgan fingerprint density at radius 2 is 1.78 bits per heavy atom. The third-order valence-electron chi connectivity index (χ3n) is 6.07. The fourth-order valence-corrected chi connectivity index (χ4v) is 4.24. The molecule has 2 heterocycles. The first-order valence-corrected chi connectivity index (χ1v) is 11.8. The van der Waals surface area contributed by atoms with Gasteiger partial charge >= 0.3 is 0 Å². The van der Waals surface area contributed by atoms with E-state index < -0.39 is 0 Å². The van der Waals surface area contributed by atoms with Crippen LogP contribution in [0.3, 0.4) is 0 Å². The van der Waals surface area contributed by atoms with Crippen molar-refractivity contribution in [3.8, 4) is 5.75 Å². The van der Waals surface area contributed by atoms with E-state index in [2.05, 4.69) is 10.2 Å². The Kier molecular flexibility index (Phi) is 9.34. The van der Waals surface area contributed by atoms with Crippen LogP contribution in [-0.4, -0.2) is 91.4 Å². The van der Waals surface area contributed by atoms with Crippen LogP contribution in [0.2, 0.25) is 0 Å². The van der Waals surface area contributed by atoms with Crippen molar-refractivity contribution in [2.75, 3.05) is 59.0 Å². The van der Waals surface area contributed by atoms with E-state index in [9.17, 15) is 14.4 Å². The third-order valence-corrected chi connectivity index (χ3v) is 6.07.